The van der Waals surface area contributed by atoms with Crippen LogP contribution in [0, 0.1) is 0 Å². The number of furan rings is 1. The van der Waals surface area contributed by atoms with Gasteiger partial charge in [0.1, 0.15) is 11.8 Å². The van der Waals surface area contributed by atoms with Crippen molar-refractivity contribution in [2.75, 3.05) is 4.72 Å². The van der Waals surface area contributed by atoms with Gasteiger partial charge in [0, 0.05) is 24.1 Å². The van der Waals surface area contributed by atoms with Crippen LogP contribution in [0.2, 0.25) is 5.02 Å². The molecule has 2 aromatic carbocycles. The Morgan fingerprint density at radius 2 is 1.83 bits per heavy atom. The van der Waals surface area contributed by atoms with Crippen LogP contribution in [0.4, 0.5) is 5.69 Å². The van der Waals surface area contributed by atoms with Crippen molar-refractivity contribution in [1.29, 1.82) is 0 Å². The zero-order chi connectivity index (χ0) is 21.3. The maximum absolute atomic E-state index is 12.5. The first-order valence-corrected chi connectivity index (χ1v) is 11.0. The molecule has 1 N–H and O–H groups in total. The molecule has 0 saturated heterocycles. The second-order valence-electron chi connectivity index (χ2n) is 6.78. The van der Waals surface area contributed by atoms with Crippen molar-refractivity contribution in [3.8, 4) is 0 Å². The zero-order valence-electron chi connectivity index (χ0n) is 15.9. The minimum atomic E-state index is -3.72. The largest absolute Gasteiger partial charge is 0.467 e. The molecule has 154 valence electrons. The predicted octanol–water partition coefficient (Wildman–Crippen LogP) is 4.43. The molecule has 0 spiro atoms. The molecule has 4 rings (SSSR count). The lowest BCUT2D eigenvalue weighted by molar-refractivity contribution is -0.130. The Bertz CT molecular complexity index is 1190. The van der Waals surface area contributed by atoms with Gasteiger partial charge < -0.3 is 4.42 Å². The molecular formula is C21H18ClN3O4S. The number of amides is 1. The molecule has 1 aromatic heterocycles. The van der Waals surface area contributed by atoms with E-state index in [0.29, 0.717) is 22.9 Å². The number of rotatable bonds is 5. The first-order valence-electron chi connectivity index (χ1n) is 9.13. The van der Waals surface area contributed by atoms with E-state index in [0.717, 1.165) is 11.3 Å². The van der Waals surface area contributed by atoms with Gasteiger partial charge in [-0.3, -0.25) is 9.52 Å². The van der Waals surface area contributed by atoms with E-state index >= 15 is 0 Å². The van der Waals surface area contributed by atoms with Crippen molar-refractivity contribution in [3.05, 3.63) is 83.3 Å². The summed E-state index contributed by atoms with van der Waals surface area (Å²) in [6, 6.07) is 16.1. The van der Waals surface area contributed by atoms with Crippen LogP contribution < -0.4 is 4.72 Å². The van der Waals surface area contributed by atoms with Crippen LogP contribution in [-0.4, -0.2) is 25.0 Å². The highest BCUT2D eigenvalue weighted by atomic mass is 35.5. The van der Waals surface area contributed by atoms with Crippen molar-refractivity contribution >= 4 is 38.9 Å². The topological polar surface area (TPSA) is 92.0 Å². The first kappa shape index (κ1) is 20.2. The van der Waals surface area contributed by atoms with Crippen LogP contribution in [0.5, 0.6) is 0 Å². The molecule has 2 heterocycles. The van der Waals surface area contributed by atoms with Crippen LogP contribution in [0.25, 0.3) is 0 Å². The summed E-state index contributed by atoms with van der Waals surface area (Å²) in [5, 5.41) is 6.31. The normalized spacial score (nSPS) is 16.4. The van der Waals surface area contributed by atoms with Crippen LogP contribution in [0.15, 0.2) is 81.3 Å². The molecule has 3 aromatic rings. The number of nitrogens with zero attached hydrogens (tertiary/aromatic N) is 2. The molecule has 30 heavy (non-hydrogen) atoms. The Labute approximate surface area is 179 Å². The minimum Gasteiger partial charge on any atom is -0.467 e. The summed E-state index contributed by atoms with van der Waals surface area (Å²) in [5.41, 5.74) is 1.93. The number of hydrogen-bond donors (Lipinski definition) is 1. The molecule has 1 aliphatic rings. The fourth-order valence-corrected chi connectivity index (χ4v) is 4.42. The Balaban J connectivity index is 1.53. The molecule has 1 aliphatic heterocycles. The monoisotopic (exact) mass is 443 g/mol. The van der Waals surface area contributed by atoms with Crippen molar-refractivity contribution in [2.45, 2.75) is 24.3 Å². The Morgan fingerprint density at radius 1 is 1.13 bits per heavy atom. The van der Waals surface area contributed by atoms with Crippen molar-refractivity contribution in [3.63, 3.8) is 0 Å². The number of hydrazone groups is 1. The molecule has 0 aliphatic carbocycles. The van der Waals surface area contributed by atoms with Crippen molar-refractivity contribution < 1.29 is 17.6 Å². The fourth-order valence-electron chi connectivity index (χ4n) is 3.24. The van der Waals surface area contributed by atoms with Gasteiger partial charge in [0.2, 0.25) is 5.91 Å². The number of halogens is 1. The van der Waals surface area contributed by atoms with Gasteiger partial charge in [0.15, 0.2) is 0 Å². The second kappa shape index (κ2) is 7.97. The molecule has 0 bridgehead atoms. The predicted molar refractivity (Wildman–Crippen MR) is 114 cm³/mol. The van der Waals surface area contributed by atoms with E-state index in [2.05, 4.69) is 9.82 Å². The average Bonchev–Trinajstić information content (AvgIpc) is 3.38. The molecule has 1 amide bonds. The summed E-state index contributed by atoms with van der Waals surface area (Å²) in [6.07, 6.45) is 2.07. The highest BCUT2D eigenvalue weighted by Crippen LogP contribution is 2.33. The summed E-state index contributed by atoms with van der Waals surface area (Å²) in [7, 11) is -3.72. The van der Waals surface area contributed by atoms with Gasteiger partial charge >= 0.3 is 0 Å². The second-order valence-corrected chi connectivity index (χ2v) is 8.90. The highest BCUT2D eigenvalue weighted by Gasteiger charge is 2.33. The number of carbonyl (C=O) groups excluding carboxylic acids is 1. The van der Waals surface area contributed by atoms with Gasteiger partial charge in [-0.1, -0.05) is 23.7 Å². The van der Waals surface area contributed by atoms with Gasteiger partial charge in [-0.05, 0) is 54.1 Å². The lowest BCUT2D eigenvalue weighted by atomic mass is 10.0. The van der Waals surface area contributed by atoms with E-state index in [1.54, 1.807) is 36.6 Å². The van der Waals surface area contributed by atoms with Crippen LogP contribution in [0.1, 0.15) is 30.7 Å². The number of anilines is 1. The summed E-state index contributed by atoms with van der Waals surface area (Å²) in [6.45, 7) is 1.46. The molecule has 1 atom stereocenters. The molecule has 0 fully saturated rings. The summed E-state index contributed by atoms with van der Waals surface area (Å²) < 4.78 is 33.0. The molecule has 1 unspecified atom stereocenters. The molecular weight excluding hydrogens is 426 g/mol. The van der Waals surface area contributed by atoms with Crippen molar-refractivity contribution in [2.24, 2.45) is 5.10 Å². The molecule has 7 nitrogen and oxygen atoms in total. The standard InChI is InChI=1S/C21H18ClN3O4S/c1-14(26)25-20(21-3-2-12-29-21)13-19(23-25)15-4-8-17(9-5-15)24-30(27,28)18-10-6-16(22)7-11-18/h2-12,20,24H,13H2,1H3. The summed E-state index contributed by atoms with van der Waals surface area (Å²) >= 11 is 5.82. The van der Waals surface area contributed by atoms with Gasteiger partial charge in [0.25, 0.3) is 10.0 Å². The highest BCUT2D eigenvalue weighted by molar-refractivity contribution is 7.92. The molecule has 0 radical (unpaired) electrons. The fraction of sp³-hybridized carbons (Fsp3) is 0.143. The van der Waals surface area contributed by atoms with Gasteiger partial charge in [-0.25, -0.2) is 13.4 Å². The van der Waals surface area contributed by atoms with E-state index in [4.69, 9.17) is 16.0 Å². The van der Waals surface area contributed by atoms with Gasteiger partial charge in [0.05, 0.1) is 16.9 Å². The number of sulfonamides is 1. The van der Waals surface area contributed by atoms with Crippen LogP contribution in [-0.2, 0) is 14.8 Å². The third-order valence-corrected chi connectivity index (χ3v) is 6.35. The zero-order valence-corrected chi connectivity index (χ0v) is 17.5. The Morgan fingerprint density at radius 3 is 2.43 bits per heavy atom. The van der Waals surface area contributed by atoms with Gasteiger partial charge in [-0.15, -0.1) is 0 Å². The van der Waals surface area contributed by atoms with E-state index in [1.807, 2.05) is 6.07 Å². The Kier molecular flexibility index (Phi) is 5.36. The number of carbonyl (C=O) groups is 1. The van der Waals surface area contributed by atoms with E-state index in [9.17, 15) is 13.2 Å². The SMILES string of the molecule is CC(=O)N1N=C(c2ccc(NS(=O)(=O)c3ccc(Cl)cc3)cc2)CC1c1ccco1. The third-order valence-electron chi connectivity index (χ3n) is 4.70. The maximum Gasteiger partial charge on any atom is 0.261 e. The number of benzene rings is 2. The summed E-state index contributed by atoms with van der Waals surface area (Å²) in [4.78, 5) is 12.1. The Hall–Kier alpha value is -3.10. The summed E-state index contributed by atoms with van der Waals surface area (Å²) in [5.74, 6) is 0.482. The maximum atomic E-state index is 12.5. The average molecular weight is 444 g/mol. The van der Waals surface area contributed by atoms with E-state index in [-0.39, 0.29) is 16.8 Å². The van der Waals surface area contributed by atoms with Gasteiger partial charge in [-0.2, -0.15) is 5.10 Å². The lowest BCUT2D eigenvalue weighted by Gasteiger charge is -2.17. The quantitative estimate of drug-likeness (QED) is 0.631. The minimum absolute atomic E-state index is 0.120. The third kappa shape index (κ3) is 4.10. The smallest absolute Gasteiger partial charge is 0.261 e. The van der Waals surface area contributed by atoms with E-state index < -0.39 is 10.0 Å². The number of nitrogens with one attached hydrogen (secondary N) is 1. The van der Waals surface area contributed by atoms with Crippen LogP contribution >= 0.6 is 11.6 Å². The van der Waals surface area contributed by atoms with Crippen LogP contribution in [0.3, 0.4) is 0 Å². The molecule has 9 heteroatoms. The first-order chi connectivity index (χ1) is 14.3. The number of hydrogen-bond acceptors (Lipinski definition) is 5. The molecule has 0 saturated carbocycles. The lowest BCUT2D eigenvalue weighted by Crippen LogP contribution is -2.23. The van der Waals surface area contributed by atoms with E-state index in [1.165, 1.54) is 36.2 Å². The van der Waals surface area contributed by atoms with Crippen molar-refractivity contribution in [1.82, 2.24) is 5.01 Å².